The Labute approximate surface area is 230 Å². The van der Waals surface area contributed by atoms with Crippen LogP contribution in [0.15, 0.2) is 24.7 Å². The number of likely N-dealkylation sites (N-methyl/N-ethyl adjacent to an activating group) is 1. The van der Waals surface area contributed by atoms with Crippen molar-refractivity contribution in [3.8, 4) is 11.8 Å². The summed E-state index contributed by atoms with van der Waals surface area (Å²) in [4.78, 5) is 46.4. The maximum Gasteiger partial charge on any atom is 0.414 e. The summed E-state index contributed by atoms with van der Waals surface area (Å²) in [6, 6.07) is -0.765. The molecule has 216 valence electrons. The van der Waals surface area contributed by atoms with Gasteiger partial charge in [0, 0.05) is 58.0 Å². The Balaban J connectivity index is 1.17. The fourth-order valence-corrected chi connectivity index (χ4v) is 5.69. The van der Waals surface area contributed by atoms with E-state index in [0.29, 0.717) is 12.0 Å². The number of rotatable bonds is 7. The van der Waals surface area contributed by atoms with Gasteiger partial charge in [-0.15, -0.1) is 0 Å². The Morgan fingerprint density at radius 1 is 1.18 bits per heavy atom. The highest BCUT2D eigenvalue weighted by atomic mass is 19.3. The van der Waals surface area contributed by atoms with Gasteiger partial charge in [0.05, 0.1) is 19.0 Å². The summed E-state index contributed by atoms with van der Waals surface area (Å²) >= 11 is 0. The third-order valence-electron chi connectivity index (χ3n) is 7.53. The molecule has 3 amide bonds. The number of hydrogen-bond acceptors (Lipinski definition) is 10. The molecule has 1 spiro atoms. The van der Waals surface area contributed by atoms with Crippen LogP contribution >= 0.6 is 0 Å². The van der Waals surface area contributed by atoms with E-state index in [0.717, 1.165) is 30.8 Å². The number of hydrogen-bond donors (Lipinski definition) is 2. The van der Waals surface area contributed by atoms with Crippen LogP contribution in [0.2, 0.25) is 0 Å². The molecule has 0 aromatic carbocycles. The van der Waals surface area contributed by atoms with Crippen molar-refractivity contribution in [3.05, 3.63) is 24.7 Å². The lowest BCUT2D eigenvalue weighted by Gasteiger charge is -2.58. The standard InChI is InChI=1S/C25H33F2N9O4/c1-4-39-20-12-29-18(11-30-20)32-22(37)35(3)17-13-36(8-6-25(17,26)27)21-28-7-5-19(33-21)40-23(38)31-16-9-24(10-16)14-34(2)15-24/h5,7,11-12,16-17H,4,6,8-10,13-15H2,1-3H3,(H,31,38)(H,29,32,37)/t17-/m0/s1. The molecule has 2 aliphatic heterocycles. The van der Waals surface area contributed by atoms with Crippen molar-refractivity contribution < 1.29 is 27.8 Å². The first-order valence-corrected chi connectivity index (χ1v) is 13.2. The van der Waals surface area contributed by atoms with Crippen LogP contribution in [-0.2, 0) is 0 Å². The zero-order chi connectivity index (χ0) is 28.5. The summed E-state index contributed by atoms with van der Waals surface area (Å²) in [6.07, 6.45) is 4.70. The van der Waals surface area contributed by atoms with E-state index in [1.54, 1.807) is 6.92 Å². The van der Waals surface area contributed by atoms with Crippen molar-refractivity contribution in [1.29, 1.82) is 0 Å². The number of piperidine rings is 1. The summed E-state index contributed by atoms with van der Waals surface area (Å²) in [7, 11) is 3.36. The topological polar surface area (TPSA) is 138 Å². The second kappa shape index (κ2) is 10.9. The average Bonchev–Trinajstić information content (AvgIpc) is 2.87. The van der Waals surface area contributed by atoms with Crippen molar-refractivity contribution in [2.75, 3.05) is 57.1 Å². The molecule has 1 saturated carbocycles. The lowest BCUT2D eigenvalue weighted by atomic mass is 9.61. The molecule has 1 atom stereocenters. The van der Waals surface area contributed by atoms with Crippen LogP contribution < -0.4 is 25.0 Å². The quantitative estimate of drug-likeness (QED) is 0.518. The number of likely N-dealkylation sites (tertiary alicyclic amines) is 1. The number of ether oxygens (including phenoxy) is 2. The highest BCUT2D eigenvalue weighted by molar-refractivity contribution is 5.88. The van der Waals surface area contributed by atoms with Gasteiger partial charge in [0.2, 0.25) is 17.7 Å². The minimum absolute atomic E-state index is 0.00831. The largest absolute Gasteiger partial charge is 0.477 e. The van der Waals surface area contributed by atoms with E-state index in [4.69, 9.17) is 9.47 Å². The molecule has 15 heteroatoms. The van der Waals surface area contributed by atoms with Crippen LogP contribution in [0.5, 0.6) is 11.8 Å². The molecule has 2 saturated heterocycles. The highest BCUT2D eigenvalue weighted by Gasteiger charge is 2.51. The minimum Gasteiger partial charge on any atom is -0.477 e. The molecule has 2 aromatic heterocycles. The molecule has 1 aliphatic carbocycles. The molecular weight excluding hydrogens is 528 g/mol. The number of aromatic nitrogens is 4. The normalized spacial score (nSPS) is 21.6. The Hall–Kier alpha value is -3.88. The number of carbonyl (C=O) groups excluding carboxylic acids is 2. The van der Waals surface area contributed by atoms with Gasteiger partial charge in [0.1, 0.15) is 6.04 Å². The number of alkyl halides is 2. The maximum atomic E-state index is 14.9. The van der Waals surface area contributed by atoms with Crippen LogP contribution in [0.3, 0.4) is 0 Å². The van der Waals surface area contributed by atoms with Gasteiger partial charge in [-0.1, -0.05) is 0 Å². The molecule has 3 fully saturated rings. The van der Waals surface area contributed by atoms with E-state index in [1.807, 2.05) is 0 Å². The van der Waals surface area contributed by atoms with Gasteiger partial charge in [-0.25, -0.2) is 33.3 Å². The van der Waals surface area contributed by atoms with Crippen molar-refractivity contribution in [2.45, 2.75) is 44.2 Å². The summed E-state index contributed by atoms with van der Waals surface area (Å²) in [6.45, 7) is 4.00. The Bertz CT molecular complexity index is 1220. The van der Waals surface area contributed by atoms with Crippen LogP contribution in [-0.4, -0.2) is 107 Å². The second-order valence-electron chi connectivity index (χ2n) is 10.7. The molecular formula is C25H33F2N9O4. The van der Waals surface area contributed by atoms with E-state index in [2.05, 4.69) is 42.5 Å². The second-order valence-corrected chi connectivity index (χ2v) is 10.7. The monoisotopic (exact) mass is 561 g/mol. The summed E-state index contributed by atoms with van der Waals surface area (Å²) < 4.78 is 40.5. The van der Waals surface area contributed by atoms with Gasteiger partial charge in [0.25, 0.3) is 5.92 Å². The Morgan fingerprint density at radius 2 is 1.95 bits per heavy atom. The number of halogens is 2. The zero-order valence-electron chi connectivity index (χ0n) is 22.6. The number of nitrogens with zero attached hydrogens (tertiary/aromatic N) is 7. The zero-order valence-corrected chi connectivity index (χ0v) is 22.6. The summed E-state index contributed by atoms with van der Waals surface area (Å²) in [5.41, 5.74) is 0.313. The van der Waals surface area contributed by atoms with Gasteiger partial charge in [0.15, 0.2) is 5.82 Å². The predicted molar refractivity (Wildman–Crippen MR) is 140 cm³/mol. The molecule has 4 heterocycles. The third-order valence-corrected chi connectivity index (χ3v) is 7.53. The Morgan fingerprint density at radius 3 is 2.62 bits per heavy atom. The van der Waals surface area contributed by atoms with Gasteiger partial charge < -0.3 is 29.5 Å². The van der Waals surface area contributed by atoms with Crippen LogP contribution in [0, 0.1) is 5.41 Å². The fourth-order valence-electron chi connectivity index (χ4n) is 5.69. The smallest absolute Gasteiger partial charge is 0.414 e. The lowest BCUT2D eigenvalue weighted by molar-refractivity contribution is -0.0760. The fraction of sp³-hybridized carbons (Fsp3) is 0.600. The molecule has 2 N–H and O–H groups in total. The molecule has 0 radical (unpaired) electrons. The van der Waals surface area contributed by atoms with E-state index >= 15 is 0 Å². The van der Waals surface area contributed by atoms with Crippen molar-refractivity contribution in [2.24, 2.45) is 5.41 Å². The van der Waals surface area contributed by atoms with E-state index < -0.39 is 30.5 Å². The van der Waals surface area contributed by atoms with E-state index in [1.165, 1.54) is 36.6 Å². The first-order chi connectivity index (χ1) is 19.1. The minimum atomic E-state index is -3.16. The molecule has 2 aromatic rings. The van der Waals surface area contributed by atoms with Crippen LogP contribution in [0.4, 0.5) is 30.1 Å². The first kappa shape index (κ1) is 27.7. The summed E-state index contributed by atoms with van der Waals surface area (Å²) in [5.74, 6) is -2.65. The van der Waals surface area contributed by atoms with Crippen molar-refractivity contribution >= 4 is 23.9 Å². The average molecular weight is 562 g/mol. The van der Waals surface area contributed by atoms with Crippen molar-refractivity contribution in [3.63, 3.8) is 0 Å². The van der Waals surface area contributed by atoms with Crippen LogP contribution in [0.1, 0.15) is 26.2 Å². The third kappa shape index (κ3) is 5.98. The predicted octanol–water partition coefficient (Wildman–Crippen LogP) is 2.23. The lowest BCUT2D eigenvalue weighted by Crippen LogP contribution is -2.65. The van der Waals surface area contributed by atoms with Gasteiger partial charge in [-0.2, -0.15) is 4.98 Å². The Kier molecular flexibility index (Phi) is 7.57. The van der Waals surface area contributed by atoms with Gasteiger partial charge in [-0.3, -0.25) is 5.32 Å². The molecule has 3 aliphatic rings. The number of carbonyl (C=O) groups is 2. The first-order valence-electron chi connectivity index (χ1n) is 13.2. The molecule has 5 rings (SSSR count). The number of amides is 3. The van der Waals surface area contributed by atoms with E-state index in [9.17, 15) is 18.4 Å². The molecule has 40 heavy (non-hydrogen) atoms. The maximum absolute atomic E-state index is 14.9. The van der Waals surface area contributed by atoms with Gasteiger partial charge in [-0.05, 0) is 32.2 Å². The molecule has 0 bridgehead atoms. The van der Waals surface area contributed by atoms with Crippen molar-refractivity contribution in [1.82, 2.24) is 35.1 Å². The summed E-state index contributed by atoms with van der Waals surface area (Å²) in [5, 5.41) is 5.33. The number of urea groups is 1. The van der Waals surface area contributed by atoms with Gasteiger partial charge >= 0.3 is 12.1 Å². The number of anilines is 2. The molecule has 13 nitrogen and oxygen atoms in total. The van der Waals surface area contributed by atoms with E-state index in [-0.39, 0.29) is 42.7 Å². The van der Waals surface area contributed by atoms with Crippen LogP contribution in [0.25, 0.3) is 0 Å². The number of nitrogens with one attached hydrogen (secondary N) is 2. The SMILES string of the molecule is CCOc1cnc(NC(=O)N(C)[C@H]2CN(c3nccc(OC(=O)NC4CC5(C4)CN(C)C5)n3)CCC2(F)F)cn1. The molecule has 0 unspecified atom stereocenters. The highest BCUT2D eigenvalue weighted by Crippen LogP contribution is 2.47.